The van der Waals surface area contributed by atoms with Crippen molar-refractivity contribution < 1.29 is 49.3 Å². The fraction of sp³-hybridized carbons (Fsp3) is 0.957. The minimum atomic E-state index is -1.51. The molecule has 14 atom stereocenters. The lowest BCUT2D eigenvalue weighted by Crippen LogP contribution is -2.69. The van der Waals surface area contributed by atoms with Gasteiger partial charge in [0.25, 0.3) is 0 Å². The average Bonchev–Trinajstić information content (AvgIpc) is 2.93. The maximum atomic E-state index is 12.7. The molecule has 0 radical (unpaired) electrons. The number of hydrogen-bond donors (Lipinski definition) is 12. The molecular weight excluding hydrogens is 534 g/mol. The molecule has 6 unspecified atom stereocenters. The number of aliphatic hydroxyl groups is 5. The van der Waals surface area contributed by atoms with Crippen molar-refractivity contribution in [3.05, 3.63) is 0 Å². The Kier molecular flexibility index (Phi) is 12.8. The molecule has 0 bridgehead atoms. The molecule has 1 aliphatic carbocycles. The first-order chi connectivity index (χ1) is 19.1. The van der Waals surface area contributed by atoms with E-state index in [-0.39, 0.29) is 38.7 Å². The Morgan fingerprint density at radius 1 is 0.950 bits per heavy atom. The number of ether oxygens (including phenoxy) is 4. The summed E-state index contributed by atoms with van der Waals surface area (Å²) in [5.74, 6) is -0.761. The van der Waals surface area contributed by atoms with Crippen molar-refractivity contribution in [2.24, 2.45) is 28.7 Å². The van der Waals surface area contributed by atoms with Crippen LogP contribution in [0.2, 0.25) is 0 Å². The van der Waals surface area contributed by atoms with Crippen LogP contribution in [0.3, 0.4) is 0 Å². The molecule has 2 aliphatic heterocycles. The molecule has 3 rings (SSSR count). The summed E-state index contributed by atoms with van der Waals surface area (Å²) < 4.78 is 23.5. The van der Waals surface area contributed by atoms with E-state index in [4.69, 9.17) is 47.6 Å². The Morgan fingerprint density at radius 3 is 2.27 bits per heavy atom. The van der Waals surface area contributed by atoms with Crippen LogP contribution in [-0.2, 0) is 23.7 Å². The Hall–Kier alpha value is -1.13. The fourth-order valence-electron chi connectivity index (χ4n) is 5.37. The van der Waals surface area contributed by atoms with E-state index >= 15 is 0 Å². The smallest absolute Gasteiger partial charge is 0.249 e. The van der Waals surface area contributed by atoms with Gasteiger partial charge in [0, 0.05) is 19.3 Å². The zero-order valence-corrected chi connectivity index (χ0v) is 22.4. The summed E-state index contributed by atoms with van der Waals surface area (Å²) >= 11 is 0. The number of nitrogens with one attached hydrogen (secondary N) is 2. The Labute approximate surface area is 232 Å². The van der Waals surface area contributed by atoms with Gasteiger partial charge in [-0.05, 0) is 32.2 Å². The molecule has 2 heterocycles. The van der Waals surface area contributed by atoms with Crippen molar-refractivity contribution in [3.63, 3.8) is 0 Å². The molecule has 40 heavy (non-hydrogen) atoms. The Bertz CT molecular complexity index is 790. The van der Waals surface area contributed by atoms with Crippen LogP contribution in [0.1, 0.15) is 25.7 Å². The molecule has 1 amide bonds. The third kappa shape index (κ3) is 7.82. The maximum absolute atomic E-state index is 12.7. The number of aliphatic hydroxyl groups excluding tert-OH is 5. The largest absolute Gasteiger partial charge is 0.394 e. The van der Waals surface area contributed by atoms with Crippen molar-refractivity contribution in [1.29, 1.82) is 0 Å². The van der Waals surface area contributed by atoms with Gasteiger partial charge in [0.2, 0.25) is 5.91 Å². The Morgan fingerprint density at radius 2 is 1.65 bits per heavy atom. The third-order valence-corrected chi connectivity index (χ3v) is 7.67. The summed E-state index contributed by atoms with van der Waals surface area (Å²) in [6, 6.07) is -3.36. The number of nitrogens with two attached hydrogens (primary N) is 5. The lowest BCUT2D eigenvalue weighted by atomic mass is 9.83. The molecule has 2 saturated heterocycles. The van der Waals surface area contributed by atoms with E-state index in [9.17, 15) is 30.3 Å². The van der Waals surface area contributed by atoms with Crippen LogP contribution in [-0.4, -0.2) is 143 Å². The maximum Gasteiger partial charge on any atom is 0.249 e. The SMILES string of the molecule is NCC[C@H](O)C(=O)N[C@@H]1C[C@H](N)C(O[C@H]2OC(CN)CCC2N)C(O)[C@H]1O[C@H]1OC(CO)[C@@H](O)[C@H](NCN)C1O. The lowest BCUT2D eigenvalue weighted by molar-refractivity contribution is -0.316. The van der Waals surface area contributed by atoms with Crippen molar-refractivity contribution >= 4 is 5.91 Å². The van der Waals surface area contributed by atoms with Crippen molar-refractivity contribution in [3.8, 4) is 0 Å². The summed E-state index contributed by atoms with van der Waals surface area (Å²) in [4.78, 5) is 12.7. The van der Waals surface area contributed by atoms with Crippen LogP contribution in [0.15, 0.2) is 0 Å². The Balaban J connectivity index is 1.85. The number of hydrogen-bond acceptors (Lipinski definition) is 16. The van der Waals surface area contributed by atoms with Gasteiger partial charge in [-0.2, -0.15) is 0 Å². The topological polar surface area (TPSA) is 309 Å². The first-order valence-corrected chi connectivity index (χ1v) is 13.7. The van der Waals surface area contributed by atoms with Crippen LogP contribution in [0, 0.1) is 0 Å². The van der Waals surface area contributed by atoms with Gasteiger partial charge in [-0.1, -0.05) is 0 Å². The van der Waals surface area contributed by atoms with Gasteiger partial charge in [0.05, 0.1) is 30.8 Å². The van der Waals surface area contributed by atoms with Crippen molar-refractivity contribution in [2.75, 3.05) is 26.4 Å². The molecule has 0 aromatic rings. The monoisotopic (exact) mass is 581 g/mol. The highest BCUT2D eigenvalue weighted by Gasteiger charge is 2.51. The van der Waals surface area contributed by atoms with E-state index in [1.54, 1.807) is 0 Å². The summed E-state index contributed by atoms with van der Waals surface area (Å²) in [5, 5.41) is 58.1. The molecule has 1 saturated carbocycles. The standard InChI is InChI=1S/C23H47N7O10/c24-4-3-13(32)21(36)30-12-5-11(28)19(39-22-10(27)2-1-9(6-25)37-22)18(35)20(12)40-23-17(34)15(29-8-26)16(33)14(7-31)38-23/h9-20,22-23,29,31-35H,1-8,24-28H2,(H,30,36)/t9?,10?,11-,12+,13-,14?,15-,16+,17?,18?,19?,20-,22+,23+/m0/s1. The third-order valence-electron chi connectivity index (χ3n) is 7.67. The van der Waals surface area contributed by atoms with E-state index in [1.807, 2.05) is 0 Å². The average molecular weight is 582 g/mol. The van der Waals surface area contributed by atoms with Gasteiger partial charge < -0.3 is 78.5 Å². The molecule has 3 aliphatic rings. The number of carbonyl (C=O) groups excluding carboxylic acids is 1. The van der Waals surface area contributed by atoms with Gasteiger partial charge in [-0.25, -0.2) is 0 Å². The second-order valence-corrected chi connectivity index (χ2v) is 10.5. The molecule has 17 nitrogen and oxygen atoms in total. The predicted octanol–water partition coefficient (Wildman–Crippen LogP) is -6.85. The molecule has 234 valence electrons. The first-order valence-electron chi connectivity index (χ1n) is 13.7. The van der Waals surface area contributed by atoms with Crippen molar-refractivity contribution in [2.45, 2.75) is 111 Å². The normalized spacial score (nSPS) is 43.3. The number of carbonyl (C=O) groups is 1. The molecular formula is C23H47N7O10. The van der Waals surface area contributed by atoms with Gasteiger partial charge in [-0.3, -0.25) is 10.1 Å². The van der Waals surface area contributed by atoms with Crippen molar-refractivity contribution in [1.82, 2.24) is 10.6 Å². The molecule has 3 fully saturated rings. The predicted molar refractivity (Wildman–Crippen MR) is 139 cm³/mol. The van der Waals surface area contributed by atoms with Gasteiger partial charge in [-0.15, -0.1) is 0 Å². The molecule has 17 N–H and O–H groups in total. The zero-order chi connectivity index (χ0) is 29.6. The summed E-state index contributed by atoms with van der Waals surface area (Å²) in [6.45, 7) is -0.399. The summed E-state index contributed by atoms with van der Waals surface area (Å²) in [5.41, 5.74) is 29.3. The highest BCUT2D eigenvalue weighted by molar-refractivity contribution is 5.80. The van der Waals surface area contributed by atoms with Crippen LogP contribution in [0.4, 0.5) is 0 Å². The van der Waals surface area contributed by atoms with E-state index < -0.39 is 92.0 Å². The molecule has 0 spiro atoms. The van der Waals surface area contributed by atoms with E-state index in [0.717, 1.165) is 0 Å². The highest BCUT2D eigenvalue weighted by atomic mass is 16.7. The number of rotatable bonds is 12. The second kappa shape index (κ2) is 15.4. The van der Waals surface area contributed by atoms with Gasteiger partial charge in [0.15, 0.2) is 12.6 Å². The lowest BCUT2D eigenvalue weighted by Gasteiger charge is -2.48. The second-order valence-electron chi connectivity index (χ2n) is 10.5. The molecule has 0 aromatic heterocycles. The van der Waals surface area contributed by atoms with Crippen LogP contribution in [0.25, 0.3) is 0 Å². The minimum Gasteiger partial charge on any atom is -0.394 e. The fourth-order valence-corrected chi connectivity index (χ4v) is 5.37. The van der Waals surface area contributed by atoms with Crippen LogP contribution < -0.4 is 39.3 Å². The quantitative estimate of drug-likeness (QED) is 0.0952. The van der Waals surface area contributed by atoms with Gasteiger partial charge >= 0.3 is 0 Å². The zero-order valence-electron chi connectivity index (χ0n) is 22.4. The van der Waals surface area contributed by atoms with Gasteiger partial charge in [0.1, 0.15) is 42.7 Å². The van der Waals surface area contributed by atoms with E-state index in [0.29, 0.717) is 12.8 Å². The first kappa shape index (κ1) is 33.4. The molecule has 17 heteroatoms. The van der Waals surface area contributed by atoms with Crippen LogP contribution >= 0.6 is 0 Å². The summed E-state index contributed by atoms with van der Waals surface area (Å²) in [7, 11) is 0. The molecule has 0 aromatic carbocycles. The summed E-state index contributed by atoms with van der Waals surface area (Å²) in [6.07, 6.45) is -10.7. The van der Waals surface area contributed by atoms with Crippen LogP contribution in [0.5, 0.6) is 0 Å². The van der Waals surface area contributed by atoms with E-state index in [2.05, 4.69) is 10.6 Å². The highest BCUT2D eigenvalue weighted by Crippen LogP contribution is 2.31. The number of amides is 1. The van der Waals surface area contributed by atoms with E-state index in [1.165, 1.54) is 0 Å². The minimum absolute atomic E-state index is 0.00338.